The maximum absolute atomic E-state index is 12.3. The van der Waals surface area contributed by atoms with E-state index in [1.165, 1.54) is 16.2 Å². The van der Waals surface area contributed by atoms with Gasteiger partial charge in [-0.3, -0.25) is 9.59 Å². The van der Waals surface area contributed by atoms with E-state index >= 15 is 0 Å². The number of thiophene rings is 1. The molecule has 0 unspecified atom stereocenters. The van der Waals surface area contributed by atoms with Crippen LogP contribution in [0.1, 0.15) is 32.6 Å². The van der Waals surface area contributed by atoms with Crippen molar-refractivity contribution in [1.29, 1.82) is 0 Å². The number of rotatable bonds is 3. The first-order valence-corrected chi connectivity index (χ1v) is 9.03. The third-order valence-corrected chi connectivity index (χ3v) is 5.61. The molecule has 120 valence electrons. The lowest BCUT2D eigenvalue weighted by Crippen LogP contribution is -2.33. The number of halogens is 1. The highest BCUT2D eigenvalue weighted by molar-refractivity contribution is 9.10. The zero-order valence-electron chi connectivity index (χ0n) is 12.8. The van der Waals surface area contributed by atoms with Gasteiger partial charge in [0.1, 0.15) is 0 Å². The number of hydrogen-bond donors (Lipinski definition) is 1. The summed E-state index contributed by atoms with van der Waals surface area (Å²) in [5, 5.41) is 2.96. The zero-order chi connectivity index (χ0) is 16.4. The Morgan fingerprint density at radius 3 is 2.91 bits per heavy atom. The minimum absolute atomic E-state index is 0.0567. The summed E-state index contributed by atoms with van der Waals surface area (Å²) in [6.07, 6.45) is 0.832. The molecule has 0 fully saturated rings. The van der Waals surface area contributed by atoms with Crippen molar-refractivity contribution < 1.29 is 9.59 Å². The molecule has 6 heteroatoms. The molecule has 0 radical (unpaired) electrons. The molecular weight excluding hydrogens is 376 g/mol. The molecule has 0 saturated carbocycles. The van der Waals surface area contributed by atoms with Crippen molar-refractivity contribution in [2.45, 2.75) is 26.4 Å². The fraction of sp³-hybridized carbons (Fsp3) is 0.294. The highest BCUT2D eigenvalue weighted by atomic mass is 79.9. The second-order valence-electron chi connectivity index (χ2n) is 5.56. The summed E-state index contributed by atoms with van der Waals surface area (Å²) in [5.74, 6) is 0.0289. The number of carbonyl (C=O) groups is 2. The Morgan fingerprint density at radius 2 is 2.17 bits per heavy atom. The van der Waals surface area contributed by atoms with Crippen molar-refractivity contribution in [2.75, 3.05) is 6.54 Å². The van der Waals surface area contributed by atoms with Gasteiger partial charge in [-0.2, -0.15) is 0 Å². The van der Waals surface area contributed by atoms with E-state index < -0.39 is 0 Å². The number of fused-ring (bicyclic) bond motifs is 1. The van der Waals surface area contributed by atoms with Gasteiger partial charge in [-0.05, 0) is 35.7 Å². The largest absolute Gasteiger partial charge is 0.347 e. The maximum Gasteiger partial charge on any atom is 0.261 e. The van der Waals surface area contributed by atoms with Crippen LogP contribution in [0.4, 0.5) is 0 Å². The van der Waals surface area contributed by atoms with Crippen molar-refractivity contribution >= 4 is 39.1 Å². The third-order valence-electron chi connectivity index (χ3n) is 3.88. The molecule has 1 aromatic heterocycles. The number of nitrogens with one attached hydrogen (secondary N) is 1. The molecule has 1 N–H and O–H groups in total. The molecule has 2 heterocycles. The maximum atomic E-state index is 12.3. The molecule has 2 aromatic rings. The fourth-order valence-electron chi connectivity index (χ4n) is 2.63. The molecule has 4 nitrogen and oxygen atoms in total. The predicted molar refractivity (Wildman–Crippen MR) is 94.4 cm³/mol. The monoisotopic (exact) mass is 392 g/mol. The van der Waals surface area contributed by atoms with Gasteiger partial charge in [0.2, 0.25) is 5.91 Å². The Hall–Kier alpha value is -1.66. The molecule has 3 rings (SSSR count). The smallest absolute Gasteiger partial charge is 0.261 e. The SMILES string of the molecule is CC(=O)N1CCc2sc(C(=O)NCc3cccc(Br)c3)cc2C1. The number of hydrogen-bond acceptors (Lipinski definition) is 3. The van der Waals surface area contributed by atoms with E-state index in [0.29, 0.717) is 13.1 Å². The van der Waals surface area contributed by atoms with Gasteiger partial charge in [-0.25, -0.2) is 0 Å². The molecule has 1 aliphatic rings. The van der Waals surface area contributed by atoms with Crippen LogP contribution in [0.25, 0.3) is 0 Å². The van der Waals surface area contributed by atoms with Gasteiger partial charge in [-0.1, -0.05) is 28.1 Å². The summed E-state index contributed by atoms with van der Waals surface area (Å²) < 4.78 is 1.00. The van der Waals surface area contributed by atoms with Crippen LogP contribution in [0.15, 0.2) is 34.8 Å². The van der Waals surface area contributed by atoms with Crippen LogP contribution in [0.3, 0.4) is 0 Å². The van der Waals surface area contributed by atoms with Gasteiger partial charge in [0, 0.05) is 35.9 Å². The summed E-state index contributed by atoms with van der Waals surface area (Å²) in [7, 11) is 0. The molecule has 0 bridgehead atoms. The number of benzene rings is 1. The van der Waals surface area contributed by atoms with E-state index in [4.69, 9.17) is 0 Å². The molecule has 0 spiro atoms. The van der Waals surface area contributed by atoms with Gasteiger partial charge in [0.05, 0.1) is 4.88 Å². The van der Waals surface area contributed by atoms with Gasteiger partial charge in [-0.15, -0.1) is 11.3 Å². The molecule has 0 saturated heterocycles. The highest BCUT2D eigenvalue weighted by Gasteiger charge is 2.22. The number of carbonyl (C=O) groups excluding carboxylic acids is 2. The third kappa shape index (κ3) is 3.82. The van der Waals surface area contributed by atoms with Gasteiger partial charge in [0.15, 0.2) is 0 Å². The van der Waals surface area contributed by atoms with Crippen molar-refractivity contribution in [1.82, 2.24) is 10.2 Å². The summed E-state index contributed by atoms with van der Waals surface area (Å²) >= 11 is 4.96. The van der Waals surface area contributed by atoms with E-state index in [1.54, 1.807) is 6.92 Å². The Morgan fingerprint density at radius 1 is 1.35 bits per heavy atom. The molecule has 23 heavy (non-hydrogen) atoms. The minimum atomic E-state index is -0.0567. The number of amides is 2. The molecule has 1 aromatic carbocycles. The summed E-state index contributed by atoms with van der Waals surface area (Å²) in [6, 6.07) is 9.80. The van der Waals surface area contributed by atoms with Crippen molar-refractivity contribution in [3.8, 4) is 0 Å². The minimum Gasteiger partial charge on any atom is -0.347 e. The lowest BCUT2D eigenvalue weighted by Gasteiger charge is -2.25. The number of nitrogens with zero attached hydrogens (tertiary/aromatic N) is 1. The molecule has 2 amide bonds. The van der Waals surface area contributed by atoms with Crippen LogP contribution in [0.5, 0.6) is 0 Å². The highest BCUT2D eigenvalue weighted by Crippen LogP contribution is 2.28. The molecular formula is C17H17BrN2O2S. The fourth-order valence-corrected chi connectivity index (χ4v) is 4.16. The summed E-state index contributed by atoms with van der Waals surface area (Å²) in [5.41, 5.74) is 2.15. The quantitative estimate of drug-likeness (QED) is 0.870. The second-order valence-corrected chi connectivity index (χ2v) is 7.61. The molecule has 0 aliphatic carbocycles. The lowest BCUT2D eigenvalue weighted by atomic mass is 10.1. The molecule has 0 atom stereocenters. The van der Waals surface area contributed by atoms with E-state index in [2.05, 4.69) is 21.2 Å². The van der Waals surface area contributed by atoms with E-state index in [0.717, 1.165) is 33.4 Å². The Bertz CT molecular complexity index is 757. The van der Waals surface area contributed by atoms with Crippen molar-refractivity contribution in [3.63, 3.8) is 0 Å². The van der Waals surface area contributed by atoms with E-state index in [9.17, 15) is 9.59 Å². The van der Waals surface area contributed by atoms with Gasteiger partial charge < -0.3 is 10.2 Å². The summed E-state index contributed by atoms with van der Waals surface area (Å²) in [4.78, 5) is 27.6. The topological polar surface area (TPSA) is 49.4 Å². The van der Waals surface area contributed by atoms with Crippen molar-refractivity contribution in [3.05, 3.63) is 55.7 Å². The first-order valence-electron chi connectivity index (χ1n) is 7.42. The van der Waals surface area contributed by atoms with Crippen LogP contribution in [0.2, 0.25) is 0 Å². The average molecular weight is 393 g/mol. The zero-order valence-corrected chi connectivity index (χ0v) is 15.2. The Balaban J connectivity index is 1.66. The Labute approximate surface area is 147 Å². The van der Waals surface area contributed by atoms with Gasteiger partial charge in [0.25, 0.3) is 5.91 Å². The Kier molecular flexibility index (Phi) is 4.82. The summed E-state index contributed by atoms with van der Waals surface area (Å²) in [6.45, 7) is 3.44. The first kappa shape index (κ1) is 16.2. The lowest BCUT2D eigenvalue weighted by molar-refractivity contribution is -0.129. The average Bonchev–Trinajstić information content (AvgIpc) is 2.95. The van der Waals surface area contributed by atoms with Crippen LogP contribution in [-0.4, -0.2) is 23.3 Å². The second kappa shape index (κ2) is 6.84. The van der Waals surface area contributed by atoms with Gasteiger partial charge >= 0.3 is 0 Å². The standard InChI is InChI=1S/C17H17BrN2O2S/c1-11(21)20-6-5-15-13(10-20)8-16(23-15)17(22)19-9-12-3-2-4-14(18)7-12/h2-4,7-8H,5-6,9-10H2,1H3,(H,19,22). The van der Waals surface area contributed by atoms with Crippen LogP contribution >= 0.6 is 27.3 Å². The van der Waals surface area contributed by atoms with E-state index in [-0.39, 0.29) is 11.8 Å². The van der Waals surface area contributed by atoms with Crippen molar-refractivity contribution in [2.24, 2.45) is 0 Å². The predicted octanol–water partition coefficient (Wildman–Crippen LogP) is 3.35. The normalized spacial score (nSPS) is 13.6. The first-order chi connectivity index (χ1) is 11.0. The van der Waals surface area contributed by atoms with Crippen LogP contribution in [-0.2, 0) is 24.3 Å². The van der Waals surface area contributed by atoms with Crippen LogP contribution in [0, 0.1) is 0 Å². The molecule has 1 aliphatic heterocycles. The van der Waals surface area contributed by atoms with E-state index in [1.807, 2.05) is 35.2 Å². The van der Waals surface area contributed by atoms with Crippen LogP contribution < -0.4 is 5.32 Å².